The fourth-order valence-electron chi connectivity index (χ4n) is 1.68. The van der Waals surface area contributed by atoms with Gasteiger partial charge in [-0.1, -0.05) is 6.07 Å². The van der Waals surface area contributed by atoms with Crippen LogP contribution in [0.4, 0.5) is 5.69 Å². The van der Waals surface area contributed by atoms with E-state index in [4.69, 9.17) is 9.84 Å². The molecule has 0 saturated carbocycles. The second-order valence-corrected chi connectivity index (χ2v) is 4.27. The van der Waals surface area contributed by atoms with Crippen LogP contribution in [0.5, 0.6) is 5.75 Å². The molecule has 1 aromatic carbocycles. The highest BCUT2D eigenvalue weighted by Gasteiger charge is 2.31. The Morgan fingerprint density at radius 1 is 1.48 bits per heavy atom. The molecule has 1 amide bonds. The first-order valence-electron chi connectivity index (χ1n) is 6.21. The van der Waals surface area contributed by atoms with Crippen LogP contribution in [0, 0.1) is 10.1 Å². The van der Waals surface area contributed by atoms with E-state index in [0.29, 0.717) is 0 Å². The number of nitrogens with zero attached hydrogens (tertiary/aromatic N) is 2. The molecule has 0 aromatic heterocycles. The maximum Gasteiger partial charge on any atom is 0.326 e. The third-order valence-electron chi connectivity index (χ3n) is 2.97. The van der Waals surface area contributed by atoms with Crippen LogP contribution in [0.25, 0.3) is 0 Å². The molecule has 1 N–H and O–H groups in total. The smallest absolute Gasteiger partial charge is 0.326 e. The molecule has 1 rings (SSSR count). The van der Waals surface area contributed by atoms with Crippen molar-refractivity contribution in [1.29, 1.82) is 0 Å². The Bertz CT molecular complexity index is 572. The lowest BCUT2D eigenvalue weighted by Crippen LogP contribution is -2.40. The molecule has 0 aliphatic rings. The van der Waals surface area contributed by atoms with Crippen molar-refractivity contribution in [2.45, 2.75) is 19.9 Å². The van der Waals surface area contributed by atoms with Gasteiger partial charge < -0.3 is 14.7 Å². The summed E-state index contributed by atoms with van der Waals surface area (Å²) in [5.41, 5.74) is -0.671. The van der Waals surface area contributed by atoms with E-state index in [1.807, 2.05) is 0 Å². The monoisotopic (exact) mass is 296 g/mol. The lowest BCUT2D eigenvalue weighted by Gasteiger charge is -2.22. The molecule has 21 heavy (non-hydrogen) atoms. The predicted molar refractivity (Wildman–Crippen MR) is 73.5 cm³/mol. The number of nitro groups is 1. The van der Waals surface area contributed by atoms with Crippen molar-refractivity contribution in [3.8, 4) is 5.75 Å². The summed E-state index contributed by atoms with van der Waals surface area (Å²) in [4.78, 5) is 34.6. The number of amides is 1. The molecule has 0 fully saturated rings. The summed E-state index contributed by atoms with van der Waals surface area (Å²) in [7, 11) is 1.27. The van der Waals surface area contributed by atoms with Crippen LogP contribution in [0.1, 0.15) is 24.2 Å². The van der Waals surface area contributed by atoms with Gasteiger partial charge in [0.1, 0.15) is 11.8 Å². The van der Waals surface area contributed by atoms with Gasteiger partial charge in [0.05, 0.1) is 11.5 Å². The summed E-state index contributed by atoms with van der Waals surface area (Å²) in [6, 6.07) is 2.89. The average Bonchev–Trinajstić information content (AvgIpc) is 2.44. The molecule has 8 heteroatoms. The van der Waals surface area contributed by atoms with Gasteiger partial charge in [0, 0.05) is 13.1 Å². The van der Waals surface area contributed by atoms with E-state index in [1.54, 1.807) is 6.92 Å². The van der Waals surface area contributed by atoms with Crippen LogP contribution in [0.2, 0.25) is 0 Å². The fourth-order valence-corrected chi connectivity index (χ4v) is 1.68. The van der Waals surface area contributed by atoms with Crippen LogP contribution in [-0.4, -0.2) is 46.5 Å². The minimum Gasteiger partial charge on any atom is -0.493 e. The number of carbonyl (C=O) groups excluding carboxylic acids is 1. The Morgan fingerprint density at radius 3 is 2.57 bits per heavy atom. The molecule has 114 valence electrons. The highest BCUT2D eigenvalue weighted by atomic mass is 16.6. The first-order chi connectivity index (χ1) is 9.81. The lowest BCUT2D eigenvalue weighted by atomic mass is 10.1. The van der Waals surface area contributed by atoms with Crippen LogP contribution < -0.4 is 4.74 Å². The second-order valence-electron chi connectivity index (χ2n) is 4.27. The minimum atomic E-state index is -1.21. The number of ether oxygens (including phenoxy) is 1. The van der Waals surface area contributed by atoms with E-state index in [0.717, 1.165) is 4.90 Å². The van der Waals surface area contributed by atoms with E-state index in [2.05, 4.69) is 0 Å². The zero-order valence-electron chi connectivity index (χ0n) is 11.9. The summed E-state index contributed by atoms with van der Waals surface area (Å²) >= 11 is 0. The largest absolute Gasteiger partial charge is 0.493 e. The number of rotatable bonds is 6. The Morgan fingerprint density at radius 2 is 2.10 bits per heavy atom. The molecule has 0 aliphatic carbocycles. The number of benzene rings is 1. The predicted octanol–water partition coefficient (Wildman–Crippen LogP) is 1.54. The highest BCUT2D eigenvalue weighted by Crippen LogP contribution is 2.30. The van der Waals surface area contributed by atoms with Crippen molar-refractivity contribution in [3.05, 3.63) is 33.9 Å². The topological polar surface area (TPSA) is 110 Å². The van der Waals surface area contributed by atoms with E-state index in [9.17, 15) is 19.7 Å². The first kappa shape index (κ1) is 16.4. The van der Waals surface area contributed by atoms with Gasteiger partial charge in [-0.25, -0.2) is 4.79 Å². The van der Waals surface area contributed by atoms with Gasteiger partial charge in [-0.05, 0) is 19.9 Å². The third-order valence-corrected chi connectivity index (χ3v) is 2.97. The van der Waals surface area contributed by atoms with E-state index in [1.165, 1.54) is 32.2 Å². The molecule has 0 saturated heterocycles. The summed E-state index contributed by atoms with van der Waals surface area (Å²) in [5, 5.41) is 20.0. The maximum atomic E-state index is 12.4. The Balaban J connectivity index is 3.35. The van der Waals surface area contributed by atoms with Gasteiger partial charge in [0.15, 0.2) is 5.56 Å². The molecule has 8 nitrogen and oxygen atoms in total. The number of carboxylic acids is 1. The first-order valence-corrected chi connectivity index (χ1v) is 6.21. The molecular formula is C13H16N2O6. The SMILES string of the molecule is CCOc1cccc([N+](=O)[O-])c1C(=O)N(C)C(C)C(=O)O. The van der Waals surface area contributed by atoms with Crippen molar-refractivity contribution < 1.29 is 24.4 Å². The number of hydrogen-bond donors (Lipinski definition) is 1. The quantitative estimate of drug-likeness (QED) is 0.629. The average molecular weight is 296 g/mol. The van der Waals surface area contributed by atoms with Crippen molar-refractivity contribution in [2.75, 3.05) is 13.7 Å². The van der Waals surface area contributed by atoms with Crippen LogP contribution in [0.3, 0.4) is 0 Å². The highest BCUT2D eigenvalue weighted by molar-refractivity contribution is 6.02. The van der Waals surface area contributed by atoms with Crippen LogP contribution in [0.15, 0.2) is 18.2 Å². The zero-order chi connectivity index (χ0) is 16.2. The molecule has 0 bridgehead atoms. The molecule has 1 unspecified atom stereocenters. The molecule has 0 aliphatic heterocycles. The fraction of sp³-hybridized carbons (Fsp3) is 0.385. The minimum absolute atomic E-state index is 0.0566. The Hall–Kier alpha value is -2.64. The third kappa shape index (κ3) is 3.47. The van der Waals surface area contributed by atoms with Gasteiger partial charge in [0.2, 0.25) is 0 Å². The van der Waals surface area contributed by atoms with E-state index in [-0.39, 0.29) is 17.9 Å². The second kappa shape index (κ2) is 6.69. The van der Waals surface area contributed by atoms with Crippen molar-refractivity contribution in [3.63, 3.8) is 0 Å². The van der Waals surface area contributed by atoms with Gasteiger partial charge in [-0.15, -0.1) is 0 Å². The molecule has 1 aromatic rings. The Kier molecular flexibility index (Phi) is 5.23. The van der Waals surface area contributed by atoms with Crippen molar-refractivity contribution in [2.24, 2.45) is 0 Å². The zero-order valence-corrected chi connectivity index (χ0v) is 11.9. The summed E-state index contributed by atoms with van der Waals surface area (Å²) < 4.78 is 5.24. The van der Waals surface area contributed by atoms with E-state index >= 15 is 0 Å². The van der Waals surface area contributed by atoms with Crippen LogP contribution >= 0.6 is 0 Å². The van der Waals surface area contributed by atoms with Gasteiger partial charge in [-0.2, -0.15) is 0 Å². The summed E-state index contributed by atoms with van der Waals surface area (Å²) in [6.07, 6.45) is 0. The number of hydrogen-bond acceptors (Lipinski definition) is 5. The number of carbonyl (C=O) groups is 2. The van der Waals surface area contributed by atoms with Gasteiger partial charge in [-0.3, -0.25) is 14.9 Å². The Labute approximate surface area is 121 Å². The van der Waals surface area contributed by atoms with Crippen molar-refractivity contribution in [1.82, 2.24) is 4.90 Å². The van der Waals surface area contributed by atoms with Gasteiger partial charge in [0.25, 0.3) is 11.6 Å². The molecule has 0 spiro atoms. The number of likely N-dealkylation sites (N-methyl/N-ethyl adjacent to an activating group) is 1. The summed E-state index contributed by atoms with van der Waals surface area (Å²) in [6.45, 7) is 3.21. The summed E-state index contributed by atoms with van der Waals surface area (Å²) in [5.74, 6) is -1.93. The molecule has 0 heterocycles. The normalized spacial score (nSPS) is 11.6. The molecular weight excluding hydrogens is 280 g/mol. The number of aliphatic carboxylic acids is 1. The van der Waals surface area contributed by atoms with Crippen molar-refractivity contribution >= 4 is 17.6 Å². The van der Waals surface area contributed by atoms with Crippen LogP contribution in [-0.2, 0) is 4.79 Å². The lowest BCUT2D eigenvalue weighted by molar-refractivity contribution is -0.385. The maximum absolute atomic E-state index is 12.4. The molecule has 0 radical (unpaired) electrons. The molecule has 1 atom stereocenters. The van der Waals surface area contributed by atoms with E-state index < -0.39 is 28.5 Å². The standard InChI is InChI=1S/C13H16N2O6/c1-4-21-10-7-5-6-9(15(19)20)11(10)12(16)14(3)8(2)13(17)18/h5-8H,4H2,1-3H3,(H,17,18). The number of carboxylic acid groups (broad SMARTS) is 1. The number of nitro benzene ring substituents is 1. The van der Waals surface area contributed by atoms with Gasteiger partial charge >= 0.3 is 5.97 Å².